The zero-order valence-electron chi connectivity index (χ0n) is 14.9. The average Bonchev–Trinajstić information content (AvgIpc) is 2.67. The summed E-state index contributed by atoms with van der Waals surface area (Å²) < 4.78 is 5.51. The fourth-order valence-corrected chi connectivity index (χ4v) is 4.44. The first-order chi connectivity index (χ1) is 12.2. The van der Waals surface area contributed by atoms with Gasteiger partial charge in [-0.2, -0.15) is 0 Å². The number of hydrogen-bond donors (Lipinski definition) is 1. The molecule has 5 nitrogen and oxygen atoms in total. The first-order valence-corrected chi connectivity index (χ1v) is 9.03. The number of nitrogens with zero attached hydrogens (tertiary/aromatic N) is 3. The van der Waals surface area contributed by atoms with E-state index in [1.54, 1.807) is 7.11 Å². The summed E-state index contributed by atoms with van der Waals surface area (Å²) in [5.41, 5.74) is 3.06. The Bertz CT molecular complexity index is 764. The summed E-state index contributed by atoms with van der Waals surface area (Å²) in [5.74, 6) is 2.66. The van der Waals surface area contributed by atoms with E-state index in [-0.39, 0.29) is 6.61 Å². The number of para-hydroxylation sites is 1. The molecule has 3 fully saturated rings. The smallest absolute Gasteiger partial charge is 0.128 e. The Kier molecular flexibility index (Phi) is 4.44. The van der Waals surface area contributed by atoms with Crippen LogP contribution in [-0.4, -0.2) is 52.8 Å². The molecule has 3 saturated heterocycles. The van der Waals surface area contributed by atoms with Crippen molar-refractivity contribution in [3.8, 4) is 17.0 Å². The topological polar surface area (TPSA) is 58.5 Å². The van der Waals surface area contributed by atoms with Gasteiger partial charge in [0.25, 0.3) is 0 Å². The van der Waals surface area contributed by atoms with Crippen molar-refractivity contribution in [1.82, 2.24) is 14.9 Å². The maximum absolute atomic E-state index is 9.58. The molecule has 4 atom stereocenters. The van der Waals surface area contributed by atoms with Crippen LogP contribution in [0.15, 0.2) is 30.3 Å². The van der Waals surface area contributed by atoms with Gasteiger partial charge in [-0.25, -0.2) is 9.97 Å². The number of hydrogen-bond acceptors (Lipinski definition) is 5. The van der Waals surface area contributed by atoms with E-state index in [0.29, 0.717) is 17.9 Å². The molecule has 2 aromatic rings. The maximum Gasteiger partial charge on any atom is 0.128 e. The van der Waals surface area contributed by atoms with Crippen LogP contribution in [0.2, 0.25) is 0 Å². The molecule has 0 radical (unpaired) electrons. The van der Waals surface area contributed by atoms with Crippen LogP contribution in [0.25, 0.3) is 11.3 Å². The van der Waals surface area contributed by atoms with Crippen LogP contribution in [0.1, 0.15) is 30.3 Å². The highest BCUT2D eigenvalue weighted by atomic mass is 16.5. The van der Waals surface area contributed by atoms with Gasteiger partial charge in [-0.05, 0) is 50.4 Å². The number of aliphatic hydroxyl groups excluding tert-OH is 1. The molecule has 0 aliphatic carbocycles. The largest absolute Gasteiger partial charge is 0.496 e. The van der Waals surface area contributed by atoms with Crippen molar-refractivity contribution in [1.29, 1.82) is 0 Å². The van der Waals surface area contributed by atoms with E-state index in [0.717, 1.165) is 48.0 Å². The Morgan fingerprint density at radius 1 is 1.28 bits per heavy atom. The SMILES string of the molecule is COc1ccccc1-c1cc(C2CN3CCC2CC3CO)nc(C)n1. The Balaban J connectivity index is 1.69. The van der Waals surface area contributed by atoms with E-state index >= 15 is 0 Å². The first kappa shape index (κ1) is 16.5. The monoisotopic (exact) mass is 339 g/mol. The van der Waals surface area contributed by atoms with Gasteiger partial charge in [0.2, 0.25) is 0 Å². The van der Waals surface area contributed by atoms with E-state index < -0.39 is 0 Å². The number of benzene rings is 1. The number of rotatable bonds is 4. The average molecular weight is 339 g/mol. The molecular formula is C20H25N3O2. The molecule has 4 heterocycles. The fraction of sp³-hybridized carbons (Fsp3) is 0.500. The van der Waals surface area contributed by atoms with Gasteiger partial charge in [-0.1, -0.05) is 12.1 Å². The van der Waals surface area contributed by atoms with E-state index in [4.69, 9.17) is 9.72 Å². The Morgan fingerprint density at radius 3 is 2.84 bits per heavy atom. The second-order valence-corrected chi connectivity index (χ2v) is 7.15. The first-order valence-electron chi connectivity index (χ1n) is 9.03. The third-order valence-corrected chi connectivity index (χ3v) is 5.71. The summed E-state index contributed by atoms with van der Waals surface area (Å²) in [5, 5.41) is 9.58. The zero-order valence-corrected chi connectivity index (χ0v) is 14.9. The van der Waals surface area contributed by atoms with Crippen molar-refractivity contribution in [2.24, 2.45) is 5.92 Å². The van der Waals surface area contributed by atoms with Crippen LogP contribution < -0.4 is 4.74 Å². The van der Waals surface area contributed by atoms with Crippen molar-refractivity contribution >= 4 is 0 Å². The Hall–Kier alpha value is -1.98. The highest BCUT2D eigenvalue weighted by Gasteiger charge is 2.41. The van der Waals surface area contributed by atoms with Gasteiger partial charge in [0.15, 0.2) is 0 Å². The lowest BCUT2D eigenvalue weighted by Gasteiger charge is -2.49. The van der Waals surface area contributed by atoms with Gasteiger partial charge in [-0.3, -0.25) is 4.90 Å². The summed E-state index contributed by atoms with van der Waals surface area (Å²) in [7, 11) is 1.69. The van der Waals surface area contributed by atoms with Crippen molar-refractivity contribution in [2.45, 2.75) is 31.7 Å². The summed E-state index contributed by atoms with van der Waals surface area (Å²) in [4.78, 5) is 11.8. The zero-order chi connectivity index (χ0) is 17.4. The van der Waals surface area contributed by atoms with Crippen LogP contribution in [0.5, 0.6) is 5.75 Å². The predicted octanol–water partition coefficient (Wildman–Crippen LogP) is 2.63. The van der Waals surface area contributed by atoms with Gasteiger partial charge in [0.05, 0.1) is 19.4 Å². The van der Waals surface area contributed by atoms with Crippen LogP contribution in [0.4, 0.5) is 0 Å². The third kappa shape index (κ3) is 3.02. The molecule has 0 saturated carbocycles. The molecule has 132 valence electrons. The Morgan fingerprint density at radius 2 is 2.12 bits per heavy atom. The molecule has 5 rings (SSSR count). The molecule has 4 unspecified atom stereocenters. The van der Waals surface area contributed by atoms with E-state index in [1.807, 2.05) is 31.2 Å². The molecule has 0 amide bonds. The molecule has 3 aliphatic heterocycles. The number of fused-ring (bicyclic) bond motifs is 3. The van der Waals surface area contributed by atoms with E-state index in [9.17, 15) is 5.11 Å². The lowest BCUT2D eigenvalue weighted by molar-refractivity contribution is 0.00182. The van der Waals surface area contributed by atoms with Crippen molar-refractivity contribution in [3.05, 3.63) is 41.9 Å². The van der Waals surface area contributed by atoms with Crippen molar-refractivity contribution in [2.75, 3.05) is 26.8 Å². The Labute approximate surface area is 148 Å². The summed E-state index contributed by atoms with van der Waals surface area (Å²) in [6, 6.07) is 10.4. The van der Waals surface area contributed by atoms with Gasteiger partial charge >= 0.3 is 0 Å². The molecule has 25 heavy (non-hydrogen) atoms. The molecule has 0 spiro atoms. The van der Waals surface area contributed by atoms with Crippen LogP contribution in [-0.2, 0) is 0 Å². The maximum atomic E-state index is 9.58. The van der Waals surface area contributed by atoms with Crippen LogP contribution in [0.3, 0.4) is 0 Å². The predicted molar refractivity (Wildman–Crippen MR) is 96.7 cm³/mol. The van der Waals surface area contributed by atoms with E-state index in [1.165, 1.54) is 6.42 Å². The highest BCUT2D eigenvalue weighted by Crippen LogP contribution is 2.42. The number of methoxy groups -OCH3 is 1. The summed E-state index contributed by atoms with van der Waals surface area (Å²) in [6.45, 7) is 4.30. The van der Waals surface area contributed by atoms with Crippen LogP contribution >= 0.6 is 0 Å². The standard InChI is InChI=1S/C20H25N3O2/c1-13-21-18(16-5-3-4-6-20(16)25-2)10-19(22-13)17-11-23-8-7-14(17)9-15(23)12-24/h3-6,10,14-15,17,24H,7-9,11-12H2,1-2H3. The lowest BCUT2D eigenvalue weighted by atomic mass is 9.74. The quantitative estimate of drug-likeness (QED) is 0.928. The minimum atomic E-state index is 0.262. The number of ether oxygens (including phenoxy) is 1. The van der Waals surface area contributed by atoms with Crippen molar-refractivity contribution in [3.63, 3.8) is 0 Å². The lowest BCUT2D eigenvalue weighted by Crippen LogP contribution is -2.53. The van der Waals surface area contributed by atoms with Gasteiger partial charge in [0, 0.05) is 29.8 Å². The molecule has 1 aromatic carbocycles. The van der Waals surface area contributed by atoms with Crippen molar-refractivity contribution < 1.29 is 9.84 Å². The highest BCUT2D eigenvalue weighted by molar-refractivity contribution is 5.67. The summed E-state index contributed by atoms with van der Waals surface area (Å²) >= 11 is 0. The third-order valence-electron chi connectivity index (χ3n) is 5.71. The van der Waals surface area contributed by atoms with Gasteiger partial charge < -0.3 is 9.84 Å². The fourth-order valence-electron chi connectivity index (χ4n) is 4.44. The molecular weight excluding hydrogens is 314 g/mol. The second-order valence-electron chi connectivity index (χ2n) is 7.15. The normalized spacial score (nSPS) is 28.1. The second kappa shape index (κ2) is 6.73. The number of aliphatic hydroxyl groups is 1. The number of aromatic nitrogens is 2. The molecule has 1 aromatic heterocycles. The molecule has 2 bridgehead atoms. The number of piperidine rings is 3. The molecule has 3 aliphatic rings. The minimum absolute atomic E-state index is 0.262. The van der Waals surface area contributed by atoms with Gasteiger partial charge in [-0.15, -0.1) is 0 Å². The molecule has 1 N–H and O–H groups in total. The number of aryl methyl sites for hydroxylation is 1. The van der Waals surface area contributed by atoms with E-state index in [2.05, 4.69) is 16.0 Å². The van der Waals surface area contributed by atoms with Gasteiger partial charge in [0.1, 0.15) is 11.6 Å². The van der Waals surface area contributed by atoms with Crippen LogP contribution in [0, 0.1) is 12.8 Å². The molecule has 5 heteroatoms. The minimum Gasteiger partial charge on any atom is -0.496 e. The summed E-state index contributed by atoms with van der Waals surface area (Å²) in [6.07, 6.45) is 2.25.